The van der Waals surface area contributed by atoms with Gasteiger partial charge in [-0.2, -0.15) is 0 Å². The average molecular weight is 329 g/mol. The number of ether oxygens (including phenoxy) is 1. The van der Waals surface area contributed by atoms with Crippen LogP contribution in [0.2, 0.25) is 0 Å². The number of methoxy groups -OCH3 is 1. The Balaban J connectivity index is 1.89. The van der Waals surface area contributed by atoms with Crippen LogP contribution in [0.25, 0.3) is 0 Å². The molecule has 0 unspecified atom stereocenters. The van der Waals surface area contributed by atoms with Gasteiger partial charge in [-0.1, -0.05) is 6.92 Å². The third-order valence-corrected chi connectivity index (χ3v) is 5.56. The zero-order chi connectivity index (χ0) is 16.6. The summed E-state index contributed by atoms with van der Waals surface area (Å²) in [5, 5.41) is 0. The van der Waals surface area contributed by atoms with Crippen LogP contribution in [0.1, 0.15) is 43.0 Å². The molecule has 2 heterocycles. The molecular weight excluding hydrogens is 310 g/mol. The molecule has 1 aliphatic rings. The molecule has 0 fully saturated rings. The summed E-state index contributed by atoms with van der Waals surface area (Å²) in [5.74, 6) is -0.304. The van der Waals surface area contributed by atoms with E-state index in [1.165, 1.54) is 17.6 Å². The van der Waals surface area contributed by atoms with Gasteiger partial charge in [0.05, 0.1) is 17.6 Å². The number of fused-ring (bicyclic) bond motifs is 1. The van der Waals surface area contributed by atoms with Gasteiger partial charge in [-0.15, -0.1) is 11.3 Å². The molecular formula is C18H19NO3S. The summed E-state index contributed by atoms with van der Waals surface area (Å²) in [7, 11) is 1.37. The number of amides is 1. The highest BCUT2D eigenvalue weighted by molar-refractivity contribution is 7.14. The Labute approximate surface area is 139 Å². The zero-order valence-corrected chi connectivity index (χ0v) is 14.3. The lowest BCUT2D eigenvalue weighted by Gasteiger charge is -2.16. The third kappa shape index (κ3) is 2.77. The zero-order valence-electron chi connectivity index (χ0n) is 13.5. The van der Waals surface area contributed by atoms with Crippen LogP contribution in [-0.4, -0.2) is 25.5 Å². The first-order valence-corrected chi connectivity index (χ1v) is 8.49. The van der Waals surface area contributed by atoms with Gasteiger partial charge in [-0.3, -0.25) is 4.79 Å². The smallest absolute Gasteiger partial charge is 0.337 e. The fourth-order valence-electron chi connectivity index (χ4n) is 2.97. The van der Waals surface area contributed by atoms with Crippen LogP contribution in [0.3, 0.4) is 0 Å². The number of anilines is 1. The number of thiophene rings is 1. The maximum atomic E-state index is 12.8. The lowest BCUT2D eigenvalue weighted by atomic mass is 10.1. The molecule has 1 aromatic carbocycles. The molecule has 0 radical (unpaired) electrons. The second-order valence-corrected chi connectivity index (χ2v) is 6.75. The van der Waals surface area contributed by atoms with Crippen molar-refractivity contribution in [3.63, 3.8) is 0 Å². The molecule has 1 aromatic heterocycles. The van der Waals surface area contributed by atoms with Crippen molar-refractivity contribution in [3.8, 4) is 0 Å². The molecule has 0 bridgehead atoms. The molecule has 0 aliphatic carbocycles. The lowest BCUT2D eigenvalue weighted by molar-refractivity contribution is 0.0600. The Kier molecular flexibility index (Phi) is 4.22. The van der Waals surface area contributed by atoms with Crippen molar-refractivity contribution in [2.45, 2.75) is 26.7 Å². The summed E-state index contributed by atoms with van der Waals surface area (Å²) in [4.78, 5) is 28.3. The van der Waals surface area contributed by atoms with E-state index >= 15 is 0 Å². The minimum atomic E-state index is -0.348. The number of carbonyl (C=O) groups excluding carboxylic acids is 2. The van der Waals surface area contributed by atoms with Crippen LogP contribution in [0.4, 0.5) is 5.69 Å². The van der Waals surface area contributed by atoms with E-state index in [0.717, 1.165) is 29.0 Å². The highest BCUT2D eigenvalue weighted by Gasteiger charge is 2.27. The van der Waals surface area contributed by atoms with Gasteiger partial charge < -0.3 is 9.64 Å². The van der Waals surface area contributed by atoms with Gasteiger partial charge in [0, 0.05) is 17.1 Å². The van der Waals surface area contributed by atoms with Gasteiger partial charge in [0.15, 0.2) is 0 Å². The van der Waals surface area contributed by atoms with Crippen LogP contribution in [0.5, 0.6) is 0 Å². The average Bonchev–Trinajstić information content (AvgIpc) is 3.16. The summed E-state index contributed by atoms with van der Waals surface area (Å²) in [6.45, 7) is 4.80. The summed E-state index contributed by atoms with van der Waals surface area (Å²) >= 11 is 1.58. The highest BCUT2D eigenvalue weighted by Crippen LogP contribution is 2.32. The van der Waals surface area contributed by atoms with Gasteiger partial charge in [0.2, 0.25) is 0 Å². The van der Waals surface area contributed by atoms with Crippen molar-refractivity contribution in [3.05, 3.63) is 50.7 Å². The quantitative estimate of drug-likeness (QED) is 0.808. The summed E-state index contributed by atoms with van der Waals surface area (Å²) in [6.07, 6.45) is 1.71. The van der Waals surface area contributed by atoms with Crippen LogP contribution in [0.15, 0.2) is 24.3 Å². The highest BCUT2D eigenvalue weighted by atomic mass is 32.1. The number of benzene rings is 1. The molecule has 0 atom stereocenters. The molecule has 1 aliphatic heterocycles. The van der Waals surface area contributed by atoms with E-state index in [0.29, 0.717) is 12.1 Å². The Morgan fingerprint density at radius 1 is 1.30 bits per heavy atom. The first-order valence-electron chi connectivity index (χ1n) is 7.67. The van der Waals surface area contributed by atoms with Crippen molar-refractivity contribution in [1.29, 1.82) is 0 Å². The number of hydrogen-bond donors (Lipinski definition) is 0. The Hall–Kier alpha value is -2.14. The first kappa shape index (κ1) is 15.7. The van der Waals surface area contributed by atoms with Crippen LogP contribution < -0.4 is 4.90 Å². The predicted molar refractivity (Wildman–Crippen MR) is 91.6 cm³/mol. The van der Waals surface area contributed by atoms with E-state index < -0.39 is 0 Å². The molecule has 4 nitrogen and oxygen atoms in total. The van der Waals surface area contributed by atoms with Gasteiger partial charge in [-0.25, -0.2) is 4.79 Å². The number of aryl methyl sites for hydroxylation is 2. The van der Waals surface area contributed by atoms with Crippen LogP contribution in [0, 0.1) is 6.92 Å². The number of nitrogens with zero attached hydrogens (tertiary/aromatic N) is 1. The summed E-state index contributed by atoms with van der Waals surface area (Å²) in [5.41, 5.74) is 3.62. The first-order chi connectivity index (χ1) is 11.0. The standard InChI is InChI=1S/C18H19NO3S/c1-4-15-11(2)9-16(23-15)17(20)19-8-7-12-10-13(18(21)22-3)5-6-14(12)19/h5-6,9-10H,4,7-8H2,1-3H3. The monoisotopic (exact) mass is 329 g/mol. The minimum Gasteiger partial charge on any atom is -0.465 e. The largest absolute Gasteiger partial charge is 0.465 e. The molecule has 0 saturated carbocycles. The number of carbonyl (C=O) groups is 2. The van der Waals surface area contributed by atoms with Gasteiger partial charge in [-0.05, 0) is 55.2 Å². The SMILES string of the molecule is CCc1sc(C(=O)N2CCc3cc(C(=O)OC)ccc32)cc1C. The van der Waals surface area contributed by atoms with Crippen molar-refractivity contribution in [2.75, 3.05) is 18.6 Å². The maximum Gasteiger partial charge on any atom is 0.337 e. The van der Waals surface area contributed by atoms with E-state index in [-0.39, 0.29) is 11.9 Å². The number of rotatable bonds is 3. The van der Waals surface area contributed by atoms with Gasteiger partial charge in [0.1, 0.15) is 0 Å². The van der Waals surface area contributed by atoms with Crippen LogP contribution >= 0.6 is 11.3 Å². The third-order valence-electron chi connectivity index (χ3n) is 4.19. The van der Waals surface area contributed by atoms with E-state index in [4.69, 9.17) is 4.74 Å². The molecule has 1 amide bonds. The van der Waals surface area contributed by atoms with Crippen molar-refractivity contribution in [1.82, 2.24) is 0 Å². The van der Waals surface area contributed by atoms with Crippen molar-refractivity contribution in [2.24, 2.45) is 0 Å². The molecule has 0 N–H and O–H groups in total. The Morgan fingerprint density at radius 2 is 2.09 bits per heavy atom. The topological polar surface area (TPSA) is 46.6 Å². The van der Waals surface area contributed by atoms with E-state index in [2.05, 4.69) is 6.92 Å². The fourth-order valence-corrected chi connectivity index (χ4v) is 4.03. The number of esters is 1. The normalized spacial score (nSPS) is 13.1. The molecule has 0 saturated heterocycles. The van der Waals surface area contributed by atoms with Crippen molar-refractivity contribution >= 4 is 28.9 Å². The van der Waals surface area contributed by atoms with Crippen molar-refractivity contribution < 1.29 is 14.3 Å². The summed E-state index contributed by atoms with van der Waals surface area (Å²) < 4.78 is 4.75. The van der Waals surface area contributed by atoms with Crippen LogP contribution in [-0.2, 0) is 17.6 Å². The van der Waals surface area contributed by atoms with E-state index in [9.17, 15) is 9.59 Å². The Morgan fingerprint density at radius 3 is 2.74 bits per heavy atom. The molecule has 23 heavy (non-hydrogen) atoms. The molecule has 0 spiro atoms. The molecule has 120 valence electrons. The maximum absolute atomic E-state index is 12.8. The molecule has 3 rings (SSSR count). The second kappa shape index (κ2) is 6.16. The van der Waals surface area contributed by atoms with Gasteiger partial charge >= 0.3 is 5.97 Å². The van der Waals surface area contributed by atoms with E-state index in [1.54, 1.807) is 22.3 Å². The summed E-state index contributed by atoms with van der Waals surface area (Å²) in [6, 6.07) is 7.36. The molecule has 2 aromatic rings. The predicted octanol–water partition coefficient (Wildman–Crippen LogP) is 3.61. The molecule has 5 heteroatoms. The Bertz CT molecular complexity index is 779. The fraction of sp³-hybridized carbons (Fsp3) is 0.333. The minimum absolute atomic E-state index is 0.0439. The number of hydrogen-bond acceptors (Lipinski definition) is 4. The lowest BCUT2D eigenvalue weighted by Crippen LogP contribution is -2.28. The van der Waals surface area contributed by atoms with E-state index in [1.807, 2.05) is 25.1 Å². The van der Waals surface area contributed by atoms with Gasteiger partial charge in [0.25, 0.3) is 5.91 Å². The second-order valence-electron chi connectivity index (χ2n) is 5.61.